The van der Waals surface area contributed by atoms with Crippen molar-refractivity contribution in [2.24, 2.45) is 0 Å². The smallest absolute Gasteiger partial charge is 0.271 e. The Hall–Kier alpha value is -2.90. The number of carbonyl (C=O) groups is 2. The molecule has 2 heterocycles. The summed E-state index contributed by atoms with van der Waals surface area (Å²) < 4.78 is 39.4. The van der Waals surface area contributed by atoms with Crippen molar-refractivity contribution in [2.45, 2.75) is 6.18 Å². The number of nitrogens with one attached hydrogen (secondary N) is 1. The zero-order valence-corrected chi connectivity index (χ0v) is 10.9. The molecule has 0 unspecified atom stereocenters. The Balaban J connectivity index is 2.08. The third-order valence-electron chi connectivity index (χ3n) is 3.06. The molecule has 2 amide bonds. The molecule has 0 spiro atoms. The summed E-state index contributed by atoms with van der Waals surface area (Å²) in [5.41, 5.74) is 1.51. The summed E-state index contributed by atoms with van der Waals surface area (Å²) >= 11 is 0. The maximum Gasteiger partial charge on any atom is 0.417 e. The number of imide groups is 1. The van der Waals surface area contributed by atoms with E-state index in [1.54, 1.807) is 6.07 Å². The number of rotatable bonds is 2. The van der Waals surface area contributed by atoms with Gasteiger partial charge in [0.15, 0.2) is 0 Å². The minimum absolute atomic E-state index is 0.0576. The molecule has 5 nitrogen and oxygen atoms in total. The van der Waals surface area contributed by atoms with Crippen LogP contribution in [-0.4, -0.2) is 21.8 Å². The zero-order valence-electron chi connectivity index (χ0n) is 10.9. The number of nitrogens with zero attached hydrogens (tertiary/aromatic N) is 2. The fourth-order valence-electron chi connectivity index (χ4n) is 2.09. The van der Waals surface area contributed by atoms with E-state index in [4.69, 9.17) is 0 Å². The van der Waals surface area contributed by atoms with Crippen molar-refractivity contribution in [3.05, 3.63) is 48.0 Å². The van der Waals surface area contributed by atoms with Crippen LogP contribution in [0.3, 0.4) is 0 Å². The van der Waals surface area contributed by atoms with Gasteiger partial charge in [0, 0.05) is 17.5 Å². The van der Waals surface area contributed by atoms with Crippen LogP contribution in [0.2, 0.25) is 0 Å². The molecule has 1 aliphatic rings. The van der Waals surface area contributed by atoms with Gasteiger partial charge in [-0.2, -0.15) is 18.2 Å². The van der Waals surface area contributed by atoms with Crippen LogP contribution in [0, 0.1) is 0 Å². The standard InChI is InChI=1S/C14H8F3N3O2/c15-14(16,17)9-7-11(18-10-4-2-1-3-8(9)10)19-20-12(21)5-6-13(20)22/h1-7H,(H,18,19). The van der Waals surface area contributed by atoms with Gasteiger partial charge in [0.1, 0.15) is 5.82 Å². The second kappa shape index (κ2) is 4.83. The van der Waals surface area contributed by atoms with Crippen molar-refractivity contribution in [3.63, 3.8) is 0 Å². The van der Waals surface area contributed by atoms with Crippen molar-refractivity contribution in [1.82, 2.24) is 9.99 Å². The van der Waals surface area contributed by atoms with E-state index in [-0.39, 0.29) is 16.7 Å². The molecule has 0 radical (unpaired) electrons. The SMILES string of the molecule is O=C1C=CC(=O)N1Nc1cc(C(F)(F)F)c2ccccc2n1. The van der Waals surface area contributed by atoms with E-state index in [1.165, 1.54) is 18.2 Å². The van der Waals surface area contributed by atoms with Crippen molar-refractivity contribution >= 4 is 28.5 Å². The van der Waals surface area contributed by atoms with Crippen LogP contribution in [0.1, 0.15) is 5.56 Å². The molecule has 0 bridgehead atoms. The Labute approximate surface area is 122 Å². The second-order valence-electron chi connectivity index (χ2n) is 4.53. The number of amides is 2. The monoisotopic (exact) mass is 307 g/mol. The van der Waals surface area contributed by atoms with Gasteiger partial charge in [0.2, 0.25) is 0 Å². The molecule has 112 valence electrons. The highest BCUT2D eigenvalue weighted by Crippen LogP contribution is 2.35. The van der Waals surface area contributed by atoms with Gasteiger partial charge in [0.05, 0.1) is 11.1 Å². The third-order valence-corrected chi connectivity index (χ3v) is 3.06. The first-order chi connectivity index (χ1) is 10.4. The average molecular weight is 307 g/mol. The van der Waals surface area contributed by atoms with Gasteiger partial charge in [-0.05, 0) is 12.1 Å². The minimum atomic E-state index is -4.59. The van der Waals surface area contributed by atoms with Crippen LogP contribution >= 0.6 is 0 Å². The van der Waals surface area contributed by atoms with Crippen LogP contribution in [0.4, 0.5) is 19.0 Å². The first-order valence-electron chi connectivity index (χ1n) is 6.16. The van der Waals surface area contributed by atoms with E-state index in [0.29, 0.717) is 5.01 Å². The van der Waals surface area contributed by atoms with Crippen molar-refractivity contribution in [3.8, 4) is 0 Å². The van der Waals surface area contributed by atoms with E-state index in [2.05, 4.69) is 10.4 Å². The highest BCUT2D eigenvalue weighted by atomic mass is 19.4. The van der Waals surface area contributed by atoms with Crippen LogP contribution in [0.25, 0.3) is 10.9 Å². The molecule has 0 aliphatic carbocycles. The van der Waals surface area contributed by atoms with E-state index in [9.17, 15) is 22.8 Å². The second-order valence-corrected chi connectivity index (χ2v) is 4.53. The first kappa shape index (κ1) is 14.1. The number of aromatic nitrogens is 1. The molecule has 1 aromatic carbocycles. The van der Waals surface area contributed by atoms with Gasteiger partial charge in [-0.3, -0.25) is 15.0 Å². The first-order valence-corrected chi connectivity index (χ1v) is 6.16. The number of carbonyl (C=O) groups excluding carboxylic acids is 2. The molecule has 22 heavy (non-hydrogen) atoms. The van der Waals surface area contributed by atoms with Gasteiger partial charge in [-0.25, -0.2) is 4.98 Å². The highest BCUT2D eigenvalue weighted by molar-refractivity contribution is 6.13. The number of halogens is 3. The van der Waals surface area contributed by atoms with Gasteiger partial charge in [0.25, 0.3) is 11.8 Å². The van der Waals surface area contributed by atoms with Gasteiger partial charge < -0.3 is 0 Å². The molecule has 1 aliphatic heterocycles. The summed E-state index contributed by atoms with van der Waals surface area (Å²) in [6, 6.07) is 6.52. The summed E-state index contributed by atoms with van der Waals surface area (Å²) in [6.07, 6.45) is -2.56. The fourth-order valence-corrected chi connectivity index (χ4v) is 2.09. The lowest BCUT2D eigenvalue weighted by atomic mass is 10.1. The molecule has 2 aromatic rings. The predicted molar refractivity (Wildman–Crippen MR) is 71.4 cm³/mol. The lowest BCUT2D eigenvalue weighted by molar-refractivity contribution is -0.136. The van der Waals surface area contributed by atoms with Crippen molar-refractivity contribution in [2.75, 3.05) is 5.43 Å². The van der Waals surface area contributed by atoms with E-state index in [1.807, 2.05) is 0 Å². The molecule has 0 saturated carbocycles. The van der Waals surface area contributed by atoms with Crippen molar-refractivity contribution < 1.29 is 22.8 Å². The summed E-state index contributed by atoms with van der Waals surface area (Å²) in [5, 5.41) is 0.537. The summed E-state index contributed by atoms with van der Waals surface area (Å²) in [4.78, 5) is 26.9. The lowest BCUT2D eigenvalue weighted by Gasteiger charge is -2.18. The molecular weight excluding hydrogens is 299 g/mol. The Kier molecular flexibility index (Phi) is 3.09. The maximum atomic E-state index is 13.1. The number of hydrogen-bond donors (Lipinski definition) is 1. The summed E-state index contributed by atoms with van der Waals surface area (Å²) in [7, 11) is 0. The van der Waals surface area contributed by atoms with Gasteiger partial charge in [-0.1, -0.05) is 18.2 Å². The van der Waals surface area contributed by atoms with E-state index >= 15 is 0 Å². The normalized spacial score (nSPS) is 15.0. The molecule has 0 saturated heterocycles. The molecule has 3 rings (SSSR count). The van der Waals surface area contributed by atoms with E-state index in [0.717, 1.165) is 18.2 Å². The van der Waals surface area contributed by atoms with Crippen LogP contribution in [0.15, 0.2) is 42.5 Å². The largest absolute Gasteiger partial charge is 0.417 e. The van der Waals surface area contributed by atoms with Crippen LogP contribution < -0.4 is 5.43 Å². The minimum Gasteiger partial charge on any atom is -0.271 e. The Morgan fingerprint density at radius 2 is 1.68 bits per heavy atom. The number of anilines is 1. The highest BCUT2D eigenvalue weighted by Gasteiger charge is 2.34. The van der Waals surface area contributed by atoms with Gasteiger partial charge >= 0.3 is 6.18 Å². The molecule has 0 fully saturated rings. The number of pyridine rings is 1. The number of hydrogen-bond acceptors (Lipinski definition) is 4. The average Bonchev–Trinajstić information content (AvgIpc) is 2.77. The van der Waals surface area contributed by atoms with Crippen LogP contribution in [0.5, 0.6) is 0 Å². The number of benzene rings is 1. The number of para-hydroxylation sites is 1. The third kappa shape index (κ3) is 2.39. The maximum absolute atomic E-state index is 13.1. The molecule has 0 atom stereocenters. The van der Waals surface area contributed by atoms with E-state index < -0.39 is 23.6 Å². The van der Waals surface area contributed by atoms with Crippen LogP contribution in [-0.2, 0) is 15.8 Å². The Morgan fingerprint density at radius 1 is 1.05 bits per heavy atom. The lowest BCUT2D eigenvalue weighted by Crippen LogP contribution is -2.36. The number of hydrazine groups is 1. The number of fused-ring (bicyclic) bond motifs is 1. The molecule has 1 aromatic heterocycles. The Morgan fingerprint density at radius 3 is 2.32 bits per heavy atom. The summed E-state index contributed by atoms with van der Waals surface area (Å²) in [6.45, 7) is 0. The van der Waals surface area contributed by atoms with Crippen molar-refractivity contribution in [1.29, 1.82) is 0 Å². The topological polar surface area (TPSA) is 62.3 Å². The number of alkyl halides is 3. The molecule has 8 heteroatoms. The molecule has 1 N–H and O–H groups in total. The predicted octanol–water partition coefficient (Wildman–Crippen LogP) is 2.51. The summed E-state index contributed by atoms with van der Waals surface area (Å²) in [5.74, 6) is -1.58. The fraction of sp³-hybridized carbons (Fsp3) is 0.0714. The van der Waals surface area contributed by atoms with Gasteiger partial charge in [-0.15, -0.1) is 0 Å². The quantitative estimate of drug-likeness (QED) is 0.866. The molecular formula is C14H8F3N3O2. The zero-order chi connectivity index (χ0) is 15.9. The Bertz CT molecular complexity index is 797.